The maximum Gasteiger partial charge on any atom is 0.307 e. The van der Waals surface area contributed by atoms with Crippen molar-refractivity contribution in [2.24, 2.45) is 11.8 Å². The van der Waals surface area contributed by atoms with Crippen molar-refractivity contribution >= 4 is 17.8 Å². The van der Waals surface area contributed by atoms with Crippen LogP contribution in [0, 0.1) is 11.8 Å². The Morgan fingerprint density at radius 1 is 1.17 bits per heavy atom. The molecule has 1 heterocycles. The van der Waals surface area contributed by atoms with Gasteiger partial charge in [-0.25, -0.2) is 0 Å². The minimum Gasteiger partial charge on any atom is -0.481 e. The van der Waals surface area contributed by atoms with E-state index in [2.05, 4.69) is 5.32 Å². The Hall–Kier alpha value is -1.59. The van der Waals surface area contributed by atoms with E-state index in [1.807, 2.05) is 0 Å². The van der Waals surface area contributed by atoms with Gasteiger partial charge < -0.3 is 15.3 Å². The lowest BCUT2D eigenvalue weighted by atomic mass is 9.73. The van der Waals surface area contributed by atoms with Gasteiger partial charge in [-0.15, -0.1) is 0 Å². The zero-order valence-corrected chi connectivity index (χ0v) is 10.4. The van der Waals surface area contributed by atoms with Gasteiger partial charge in [-0.3, -0.25) is 14.4 Å². The van der Waals surface area contributed by atoms with Crippen LogP contribution in [0.5, 0.6) is 0 Å². The first kappa shape index (κ1) is 12.9. The van der Waals surface area contributed by atoms with E-state index in [4.69, 9.17) is 5.11 Å². The number of amides is 2. The summed E-state index contributed by atoms with van der Waals surface area (Å²) in [5.41, 5.74) is 0. The van der Waals surface area contributed by atoms with Crippen LogP contribution < -0.4 is 5.32 Å². The standard InChI is InChI=1S/C12H18N2O4/c1-13-10(15)9-3-2-6-14(9)11(16)7-4-5-8(7)12(17)18/h7-9H,2-6H2,1H3,(H,13,15)(H,17,18). The van der Waals surface area contributed by atoms with E-state index in [0.717, 1.165) is 6.42 Å². The second kappa shape index (κ2) is 4.96. The lowest BCUT2D eigenvalue weighted by molar-refractivity contribution is -0.157. The molecule has 0 spiro atoms. The molecule has 2 amide bonds. The van der Waals surface area contributed by atoms with Gasteiger partial charge in [0.2, 0.25) is 11.8 Å². The Morgan fingerprint density at radius 2 is 1.83 bits per heavy atom. The summed E-state index contributed by atoms with van der Waals surface area (Å²) >= 11 is 0. The number of aliphatic carboxylic acids is 1. The molecule has 0 bridgehead atoms. The molecule has 100 valence electrons. The summed E-state index contributed by atoms with van der Waals surface area (Å²) in [5, 5.41) is 11.5. The van der Waals surface area contributed by atoms with Crippen molar-refractivity contribution in [2.75, 3.05) is 13.6 Å². The van der Waals surface area contributed by atoms with Gasteiger partial charge in [-0.1, -0.05) is 0 Å². The summed E-state index contributed by atoms with van der Waals surface area (Å²) in [5.74, 6) is -2.24. The first-order chi connectivity index (χ1) is 8.56. The Balaban J connectivity index is 2.04. The van der Waals surface area contributed by atoms with E-state index < -0.39 is 23.8 Å². The Morgan fingerprint density at radius 3 is 2.33 bits per heavy atom. The van der Waals surface area contributed by atoms with E-state index >= 15 is 0 Å². The number of likely N-dealkylation sites (N-methyl/N-ethyl adjacent to an activating group) is 1. The zero-order chi connectivity index (χ0) is 13.3. The first-order valence-corrected chi connectivity index (χ1v) is 6.31. The highest BCUT2D eigenvalue weighted by Crippen LogP contribution is 2.37. The minimum absolute atomic E-state index is 0.160. The fourth-order valence-electron chi connectivity index (χ4n) is 2.77. The normalized spacial score (nSPS) is 30.7. The van der Waals surface area contributed by atoms with Gasteiger partial charge in [0.25, 0.3) is 0 Å². The van der Waals surface area contributed by atoms with E-state index in [1.54, 1.807) is 11.9 Å². The third-order valence-corrected chi connectivity index (χ3v) is 3.99. The smallest absolute Gasteiger partial charge is 0.307 e. The van der Waals surface area contributed by atoms with Crippen LogP contribution in [0.4, 0.5) is 0 Å². The number of hydrogen-bond acceptors (Lipinski definition) is 3. The van der Waals surface area contributed by atoms with Crippen LogP contribution in [0.15, 0.2) is 0 Å². The maximum atomic E-state index is 12.3. The van der Waals surface area contributed by atoms with Crippen LogP contribution in [-0.4, -0.2) is 47.4 Å². The molecule has 2 N–H and O–H groups in total. The molecule has 1 saturated carbocycles. The fourth-order valence-corrected chi connectivity index (χ4v) is 2.77. The molecule has 6 nitrogen and oxygen atoms in total. The SMILES string of the molecule is CNC(=O)C1CCCN1C(=O)C1CCC1C(=O)O. The number of carboxylic acid groups (broad SMARTS) is 1. The van der Waals surface area contributed by atoms with Crippen molar-refractivity contribution in [3.8, 4) is 0 Å². The molecule has 2 aliphatic rings. The molecule has 0 aromatic rings. The molecule has 1 aliphatic heterocycles. The third kappa shape index (κ3) is 2.07. The highest BCUT2D eigenvalue weighted by atomic mass is 16.4. The van der Waals surface area contributed by atoms with Gasteiger partial charge >= 0.3 is 5.97 Å². The number of carboxylic acids is 1. The summed E-state index contributed by atoms with van der Waals surface area (Å²) in [6.45, 7) is 0.555. The van der Waals surface area contributed by atoms with Gasteiger partial charge in [0.15, 0.2) is 0 Å². The van der Waals surface area contributed by atoms with E-state index in [0.29, 0.717) is 25.8 Å². The first-order valence-electron chi connectivity index (χ1n) is 6.31. The largest absolute Gasteiger partial charge is 0.481 e. The summed E-state index contributed by atoms with van der Waals surface area (Å²) in [6, 6.07) is -0.419. The van der Waals surface area contributed by atoms with Gasteiger partial charge in [0.1, 0.15) is 6.04 Å². The summed E-state index contributed by atoms with van der Waals surface area (Å²) in [6.07, 6.45) is 2.64. The lowest BCUT2D eigenvalue weighted by Gasteiger charge is -2.36. The number of carbonyl (C=O) groups excluding carboxylic acids is 2. The molecule has 3 atom stereocenters. The van der Waals surface area contributed by atoms with E-state index in [-0.39, 0.29) is 11.8 Å². The van der Waals surface area contributed by atoms with Crippen molar-refractivity contribution < 1.29 is 19.5 Å². The molecule has 18 heavy (non-hydrogen) atoms. The van der Waals surface area contributed by atoms with Crippen LogP contribution >= 0.6 is 0 Å². The molecule has 2 rings (SSSR count). The van der Waals surface area contributed by atoms with Crippen molar-refractivity contribution in [3.05, 3.63) is 0 Å². The summed E-state index contributed by atoms with van der Waals surface area (Å²) in [7, 11) is 1.55. The van der Waals surface area contributed by atoms with Crippen molar-refractivity contribution in [1.82, 2.24) is 10.2 Å². The molecule has 0 radical (unpaired) electrons. The second-order valence-electron chi connectivity index (χ2n) is 4.93. The van der Waals surface area contributed by atoms with Gasteiger partial charge in [-0.2, -0.15) is 0 Å². The topological polar surface area (TPSA) is 86.7 Å². The number of nitrogens with one attached hydrogen (secondary N) is 1. The minimum atomic E-state index is -0.907. The van der Waals surface area contributed by atoms with Gasteiger partial charge in [-0.05, 0) is 25.7 Å². The molecule has 6 heteroatoms. The number of nitrogens with zero attached hydrogens (tertiary/aromatic N) is 1. The zero-order valence-electron chi connectivity index (χ0n) is 10.4. The maximum absolute atomic E-state index is 12.3. The van der Waals surface area contributed by atoms with E-state index in [1.165, 1.54) is 0 Å². The molecule has 2 fully saturated rings. The van der Waals surface area contributed by atoms with Crippen molar-refractivity contribution in [3.63, 3.8) is 0 Å². The fraction of sp³-hybridized carbons (Fsp3) is 0.750. The molecule has 1 saturated heterocycles. The quantitative estimate of drug-likeness (QED) is 0.732. The Bertz CT molecular complexity index is 382. The van der Waals surface area contributed by atoms with Crippen LogP contribution in [0.2, 0.25) is 0 Å². The Kier molecular flexibility index (Phi) is 3.54. The van der Waals surface area contributed by atoms with Crippen LogP contribution in [0.3, 0.4) is 0 Å². The molecule has 0 aromatic heterocycles. The average molecular weight is 254 g/mol. The molecule has 1 aliphatic carbocycles. The molecule has 3 unspecified atom stereocenters. The van der Waals surface area contributed by atoms with Gasteiger partial charge in [0, 0.05) is 13.6 Å². The van der Waals surface area contributed by atoms with E-state index in [9.17, 15) is 14.4 Å². The highest BCUT2D eigenvalue weighted by Gasteiger charge is 2.46. The second-order valence-corrected chi connectivity index (χ2v) is 4.93. The van der Waals surface area contributed by atoms with Crippen LogP contribution in [0.1, 0.15) is 25.7 Å². The number of carbonyl (C=O) groups is 3. The summed E-state index contributed by atoms with van der Waals surface area (Å²) in [4.78, 5) is 36.4. The number of rotatable bonds is 3. The van der Waals surface area contributed by atoms with Crippen LogP contribution in [-0.2, 0) is 14.4 Å². The number of hydrogen-bond donors (Lipinski definition) is 2. The average Bonchev–Trinajstić information content (AvgIpc) is 2.74. The molecular weight excluding hydrogens is 236 g/mol. The predicted molar refractivity (Wildman–Crippen MR) is 62.7 cm³/mol. The van der Waals surface area contributed by atoms with Crippen LogP contribution in [0.25, 0.3) is 0 Å². The predicted octanol–water partition coefficient (Wildman–Crippen LogP) is -0.166. The van der Waals surface area contributed by atoms with Crippen molar-refractivity contribution in [2.45, 2.75) is 31.7 Å². The summed E-state index contributed by atoms with van der Waals surface area (Å²) < 4.78 is 0. The Labute approximate surface area is 105 Å². The lowest BCUT2D eigenvalue weighted by Crippen LogP contribution is -2.51. The monoisotopic (exact) mass is 254 g/mol. The highest BCUT2D eigenvalue weighted by molar-refractivity contribution is 5.91. The third-order valence-electron chi connectivity index (χ3n) is 3.99. The molecular formula is C12H18N2O4. The van der Waals surface area contributed by atoms with Gasteiger partial charge in [0.05, 0.1) is 11.8 Å². The van der Waals surface area contributed by atoms with Crippen molar-refractivity contribution in [1.29, 1.82) is 0 Å². The number of likely N-dealkylation sites (tertiary alicyclic amines) is 1. The molecule has 0 aromatic carbocycles.